The molecule has 0 unspecified atom stereocenters. The van der Waals surface area contributed by atoms with Gasteiger partial charge in [-0.05, 0) is 38.9 Å². The van der Waals surface area contributed by atoms with Crippen LogP contribution in [0.15, 0.2) is 18.3 Å². The molecule has 2 aromatic heterocycles. The summed E-state index contributed by atoms with van der Waals surface area (Å²) in [5, 5.41) is 8.68. The van der Waals surface area contributed by atoms with Crippen LogP contribution in [0.1, 0.15) is 42.4 Å². The van der Waals surface area contributed by atoms with E-state index in [0.717, 1.165) is 31.0 Å². The van der Waals surface area contributed by atoms with E-state index < -0.39 is 0 Å². The summed E-state index contributed by atoms with van der Waals surface area (Å²) < 4.78 is 7.03. The number of rotatable bonds is 6. The number of carbonyl (C=O) groups is 1. The fourth-order valence-corrected chi connectivity index (χ4v) is 3.33. The largest absolute Gasteiger partial charge is 0.383 e. The van der Waals surface area contributed by atoms with Crippen LogP contribution in [-0.4, -0.2) is 76.7 Å². The summed E-state index contributed by atoms with van der Waals surface area (Å²) in [5.74, 6) is 1.29. The fourth-order valence-electron chi connectivity index (χ4n) is 3.33. The number of likely N-dealkylation sites (N-methyl/N-ethyl adjacent to an activating group) is 1. The van der Waals surface area contributed by atoms with Crippen LogP contribution in [0, 0.1) is 0 Å². The van der Waals surface area contributed by atoms with Crippen molar-refractivity contribution in [2.75, 3.05) is 40.4 Å². The molecule has 0 aliphatic carbocycles. The Balaban J connectivity index is 1.84. The molecular formula is C18H27N5O2. The Morgan fingerprint density at radius 3 is 2.88 bits per heavy atom. The SMILES string of the molecule is COCCN(C)C(=O)c1ccc2nnc([C@@H]3CCN(C(C)C)C3)n2c1. The highest BCUT2D eigenvalue weighted by Crippen LogP contribution is 2.27. The molecule has 136 valence electrons. The number of hydrogen-bond donors (Lipinski definition) is 0. The minimum absolute atomic E-state index is 0.0196. The molecule has 1 aliphatic rings. The van der Waals surface area contributed by atoms with Gasteiger partial charge in [0.25, 0.3) is 5.91 Å². The molecule has 1 amide bonds. The smallest absolute Gasteiger partial charge is 0.255 e. The van der Waals surface area contributed by atoms with Crippen molar-refractivity contribution in [3.63, 3.8) is 0 Å². The highest BCUT2D eigenvalue weighted by atomic mass is 16.5. The molecule has 0 spiro atoms. The molecule has 7 nitrogen and oxygen atoms in total. The number of nitrogens with zero attached hydrogens (tertiary/aromatic N) is 5. The number of amides is 1. The third kappa shape index (κ3) is 3.67. The second-order valence-corrected chi connectivity index (χ2v) is 7.00. The van der Waals surface area contributed by atoms with Crippen molar-refractivity contribution in [3.05, 3.63) is 29.7 Å². The molecule has 3 heterocycles. The lowest BCUT2D eigenvalue weighted by Crippen LogP contribution is -2.30. The van der Waals surface area contributed by atoms with Crippen molar-refractivity contribution in [3.8, 4) is 0 Å². The van der Waals surface area contributed by atoms with Gasteiger partial charge in [0, 0.05) is 45.4 Å². The van der Waals surface area contributed by atoms with Crippen LogP contribution >= 0.6 is 0 Å². The zero-order chi connectivity index (χ0) is 18.0. The van der Waals surface area contributed by atoms with Crippen molar-refractivity contribution in [2.24, 2.45) is 0 Å². The van der Waals surface area contributed by atoms with Gasteiger partial charge in [-0.25, -0.2) is 0 Å². The Hall–Kier alpha value is -1.99. The molecule has 3 rings (SSSR count). The van der Waals surface area contributed by atoms with Crippen LogP contribution in [0.5, 0.6) is 0 Å². The van der Waals surface area contributed by atoms with E-state index in [1.807, 2.05) is 22.7 Å². The number of fused-ring (bicyclic) bond motifs is 1. The zero-order valence-electron chi connectivity index (χ0n) is 15.5. The highest BCUT2D eigenvalue weighted by Gasteiger charge is 2.29. The van der Waals surface area contributed by atoms with E-state index in [1.165, 1.54) is 0 Å². The monoisotopic (exact) mass is 345 g/mol. The number of pyridine rings is 1. The summed E-state index contributed by atoms with van der Waals surface area (Å²) in [6, 6.07) is 4.22. The first kappa shape index (κ1) is 17.8. The van der Waals surface area contributed by atoms with Crippen molar-refractivity contribution >= 4 is 11.6 Å². The van der Waals surface area contributed by atoms with Crippen molar-refractivity contribution in [2.45, 2.75) is 32.2 Å². The van der Waals surface area contributed by atoms with Gasteiger partial charge in [-0.15, -0.1) is 10.2 Å². The predicted octanol–water partition coefficient (Wildman–Crippen LogP) is 1.65. The van der Waals surface area contributed by atoms with Crippen molar-refractivity contribution < 1.29 is 9.53 Å². The summed E-state index contributed by atoms with van der Waals surface area (Å²) in [6.45, 7) is 7.59. The average molecular weight is 345 g/mol. The quantitative estimate of drug-likeness (QED) is 0.796. The van der Waals surface area contributed by atoms with Crippen molar-refractivity contribution in [1.29, 1.82) is 0 Å². The maximum atomic E-state index is 12.6. The standard InChI is InChI=1S/C18H27N5O2/c1-13(2)22-8-7-14(11-22)17-20-19-16-6-5-15(12-23(16)17)18(24)21(3)9-10-25-4/h5-6,12-14H,7-11H2,1-4H3/t14-/m1/s1. The van der Waals surface area contributed by atoms with Gasteiger partial charge in [0.2, 0.25) is 0 Å². The maximum Gasteiger partial charge on any atom is 0.255 e. The summed E-state index contributed by atoms with van der Waals surface area (Å²) >= 11 is 0. The fraction of sp³-hybridized carbons (Fsp3) is 0.611. The van der Waals surface area contributed by atoms with Crippen LogP contribution in [0.4, 0.5) is 0 Å². The van der Waals surface area contributed by atoms with Gasteiger partial charge in [-0.1, -0.05) is 0 Å². The molecule has 0 N–H and O–H groups in total. The first-order chi connectivity index (χ1) is 12.0. The first-order valence-electron chi connectivity index (χ1n) is 8.84. The number of methoxy groups -OCH3 is 1. The summed E-state index contributed by atoms with van der Waals surface area (Å²) in [5.41, 5.74) is 1.43. The van der Waals surface area contributed by atoms with E-state index in [4.69, 9.17) is 4.74 Å². The molecule has 0 aromatic carbocycles. The molecular weight excluding hydrogens is 318 g/mol. The molecule has 25 heavy (non-hydrogen) atoms. The Morgan fingerprint density at radius 1 is 1.40 bits per heavy atom. The van der Waals surface area contributed by atoms with E-state index in [2.05, 4.69) is 28.9 Å². The summed E-state index contributed by atoms with van der Waals surface area (Å²) in [4.78, 5) is 16.7. The van der Waals surface area contributed by atoms with Crippen LogP contribution in [-0.2, 0) is 4.74 Å². The maximum absolute atomic E-state index is 12.6. The Labute approximate surface area is 148 Å². The average Bonchev–Trinajstić information content (AvgIpc) is 3.24. The lowest BCUT2D eigenvalue weighted by atomic mass is 10.1. The molecule has 1 fully saturated rings. The van der Waals surface area contributed by atoms with Crippen molar-refractivity contribution in [1.82, 2.24) is 24.4 Å². The molecule has 0 saturated carbocycles. The number of hydrogen-bond acceptors (Lipinski definition) is 5. The molecule has 1 aliphatic heterocycles. The molecule has 1 saturated heterocycles. The molecule has 7 heteroatoms. The topological polar surface area (TPSA) is 63.0 Å². The number of ether oxygens (including phenoxy) is 1. The lowest BCUT2D eigenvalue weighted by Gasteiger charge is -2.20. The minimum Gasteiger partial charge on any atom is -0.383 e. The number of aromatic nitrogens is 3. The van der Waals surface area contributed by atoms with E-state index in [0.29, 0.717) is 30.7 Å². The van der Waals surface area contributed by atoms with Crippen LogP contribution in [0.3, 0.4) is 0 Å². The van der Waals surface area contributed by atoms with Crippen LogP contribution in [0.25, 0.3) is 5.65 Å². The minimum atomic E-state index is -0.0196. The second-order valence-electron chi connectivity index (χ2n) is 7.00. The molecule has 0 bridgehead atoms. The zero-order valence-corrected chi connectivity index (χ0v) is 15.5. The third-order valence-corrected chi connectivity index (χ3v) is 4.97. The van der Waals surface area contributed by atoms with Gasteiger partial charge < -0.3 is 14.5 Å². The van der Waals surface area contributed by atoms with E-state index >= 15 is 0 Å². The van der Waals surface area contributed by atoms with Gasteiger partial charge >= 0.3 is 0 Å². The Kier molecular flexibility index (Phi) is 5.34. The lowest BCUT2D eigenvalue weighted by molar-refractivity contribution is 0.0743. The normalized spacial score (nSPS) is 18.4. The van der Waals surface area contributed by atoms with Gasteiger partial charge in [0.15, 0.2) is 5.65 Å². The van der Waals surface area contributed by atoms with Crippen LogP contribution < -0.4 is 0 Å². The van der Waals surface area contributed by atoms with Crippen LogP contribution in [0.2, 0.25) is 0 Å². The van der Waals surface area contributed by atoms with E-state index in [1.54, 1.807) is 19.1 Å². The Morgan fingerprint density at radius 2 is 2.20 bits per heavy atom. The van der Waals surface area contributed by atoms with E-state index in [9.17, 15) is 4.79 Å². The van der Waals surface area contributed by atoms with Gasteiger partial charge in [-0.2, -0.15) is 0 Å². The highest BCUT2D eigenvalue weighted by molar-refractivity contribution is 5.94. The predicted molar refractivity (Wildman–Crippen MR) is 95.9 cm³/mol. The molecule has 0 radical (unpaired) electrons. The van der Waals surface area contributed by atoms with E-state index in [-0.39, 0.29) is 5.91 Å². The summed E-state index contributed by atoms with van der Waals surface area (Å²) in [6.07, 6.45) is 2.94. The molecule has 2 aromatic rings. The number of likely N-dealkylation sites (tertiary alicyclic amines) is 1. The van der Waals surface area contributed by atoms with Gasteiger partial charge in [0.1, 0.15) is 5.82 Å². The third-order valence-electron chi connectivity index (χ3n) is 4.97. The number of carbonyl (C=O) groups excluding carboxylic acids is 1. The first-order valence-corrected chi connectivity index (χ1v) is 8.84. The molecule has 1 atom stereocenters. The summed E-state index contributed by atoms with van der Waals surface area (Å²) in [7, 11) is 3.42. The van der Waals surface area contributed by atoms with Gasteiger partial charge in [-0.3, -0.25) is 9.20 Å². The van der Waals surface area contributed by atoms with Gasteiger partial charge in [0.05, 0.1) is 12.2 Å². The second kappa shape index (κ2) is 7.49. The Bertz CT molecular complexity index is 742.